The van der Waals surface area contributed by atoms with E-state index in [2.05, 4.69) is 32.5 Å². The van der Waals surface area contributed by atoms with Crippen LogP contribution in [0.25, 0.3) is 22.3 Å². The third kappa shape index (κ3) is 3.39. The third-order valence-corrected chi connectivity index (χ3v) is 4.35. The zero-order valence-corrected chi connectivity index (χ0v) is 14.7. The van der Waals surface area contributed by atoms with Gasteiger partial charge in [-0.05, 0) is 30.7 Å². The molecule has 0 unspecified atom stereocenters. The van der Waals surface area contributed by atoms with Crippen LogP contribution in [-0.2, 0) is 6.54 Å². The van der Waals surface area contributed by atoms with Gasteiger partial charge in [0.15, 0.2) is 5.82 Å². The number of pyridine rings is 1. The zero-order chi connectivity index (χ0) is 17.8. The molecule has 0 aliphatic rings. The summed E-state index contributed by atoms with van der Waals surface area (Å²) in [5.41, 5.74) is 1.92. The van der Waals surface area contributed by atoms with Crippen LogP contribution in [-0.4, -0.2) is 38.1 Å². The largest absolute Gasteiger partial charge is 0.359 e. The Balaban J connectivity index is 1.64. The molecular weight excluding hydrogens is 324 g/mol. The van der Waals surface area contributed by atoms with E-state index in [1.54, 1.807) is 12.4 Å². The molecule has 0 spiro atoms. The standard InChI is InChI=1S/C20H20N6/c1-25(12-4-13-26-14-11-22-15-26)20-17-5-2-3-6-18(17)23-19(24-20)16-7-9-21-10-8-16/h2-3,5-11,14-15H,4,12-13H2,1H3. The molecule has 6 nitrogen and oxygen atoms in total. The van der Waals surface area contributed by atoms with E-state index in [0.717, 1.165) is 47.6 Å². The monoisotopic (exact) mass is 344 g/mol. The fourth-order valence-electron chi connectivity index (χ4n) is 3.00. The lowest BCUT2D eigenvalue weighted by Gasteiger charge is -2.20. The molecule has 130 valence electrons. The lowest BCUT2D eigenvalue weighted by atomic mass is 10.2. The molecule has 0 atom stereocenters. The fourth-order valence-corrected chi connectivity index (χ4v) is 3.00. The quantitative estimate of drug-likeness (QED) is 0.536. The van der Waals surface area contributed by atoms with Crippen LogP contribution in [0, 0.1) is 0 Å². The van der Waals surface area contributed by atoms with E-state index in [0.29, 0.717) is 0 Å². The second kappa shape index (κ2) is 7.31. The van der Waals surface area contributed by atoms with Gasteiger partial charge in [-0.15, -0.1) is 0 Å². The molecule has 0 fully saturated rings. The Morgan fingerprint density at radius 1 is 0.962 bits per heavy atom. The Kier molecular flexibility index (Phi) is 4.55. The molecule has 0 bridgehead atoms. The van der Waals surface area contributed by atoms with Crippen molar-refractivity contribution in [1.82, 2.24) is 24.5 Å². The van der Waals surface area contributed by atoms with Gasteiger partial charge in [0, 0.05) is 55.9 Å². The molecule has 4 rings (SSSR count). The van der Waals surface area contributed by atoms with Crippen LogP contribution in [0.1, 0.15) is 6.42 Å². The molecule has 0 radical (unpaired) electrons. The van der Waals surface area contributed by atoms with Gasteiger partial charge in [-0.3, -0.25) is 4.98 Å². The van der Waals surface area contributed by atoms with Crippen molar-refractivity contribution in [2.75, 3.05) is 18.5 Å². The number of nitrogens with zero attached hydrogens (tertiary/aromatic N) is 6. The second-order valence-corrected chi connectivity index (χ2v) is 6.20. The van der Waals surface area contributed by atoms with Gasteiger partial charge in [-0.25, -0.2) is 15.0 Å². The molecule has 1 aromatic carbocycles. The molecule has 0 aliphatic heterocycles. The van der Waals surface area contributed by atoms with E-state index in [1.165, 1.54) is 0 Å². The summed E-state index contributed by atoms with van der Waals surface area (Å²) >= 11 is 0. The molecule has 0 aliphatic carbocycles. The van der Waals surface area contributed by atoms with Gasteiger partial charge in [-0.2, -0.15) is 0 Å². The second-order valence-electron chi connectivity index (χ2n) is 6.20. The minimum absolute atomic E-state index is 0.725. The molecule has 3 heterocycles. The van der Waals surface area contributed by atoms with Crippen LogP contribution in [0.15, 0.2) is 67.5 Å². The molecule has 6 heteroatoms. The number of aromatic nitrogens is 5. The number of para-hydroxylation sites is 1. The Morgan fingerprint density at radius 3 is 2.62 bits per heavy atom. The lowest BCUT2D eigenvalue weighted by Crippen LogP contribution is -2.21. The van der Waals surface area contributed by atoms with Crippen LogP contribution < -0.4 is 4.90 Å². The first kappa shape index (κ1) is 16.2. The Morgan fingerprint density at radius 2 is 1.81 bits per heavy atom. The fraction of sp³-hybridized carbons (Fsp3) is 0.200. The number of hydrogen-bond acceptors (Lipinski definition) is 5. The van der Waals surface area contributed by atoms with Crippen molar-refractivity contribution >= 4 is 16.7 Å². The average molecular weight is 344 g/mol. The molecule has 0 amide bonds. The van der Waals surface area contributed by atoms with Crippen molar-refractivity contribution in [1.29, 1.82) is 0 Å². The maximum absolute atomic E-state index is 4.85. The van der Waals surface area contributed by atoms with Gasteiger partial charge >= 0.3 is 0 Å². The van der Waals surface area contributed by atoms with Gasteiger partial charge in [0.25, 0.3) is 0 Å². The topological polar surface area (TPSA) is 59.7 Å². The summed E-state index contributed by atoms with van der Waals surface area (Å²) in [6.45, 7) is 1.83. The molecule has 26 heavy (non-hydrogen) atoms. The van der Waals surface area contributed by atoms with Gasteiger partial charge in [0.05, 0.1) is 11.8 Å². The van der Waals surface area contributed by atoms with Gasteiger partial charge in [0.2, 0.25) is 0 Å². The van der Waals surface area contributed by atoms with E-state index in [1.807, 2.05) is 49.1 Å². The highest BCUT2D eigenvalue weighted by molar-refractivity contribution is 5.90. The first-order chi connectivity index (χ1) is 12.8. The molecule has 0 saturated carbocycles. The summed E-state index contributed by atoms with van der Waals surface area (Å²) in [6, 6.07) is 12.0. The van der Waals surface area contributed by atoms with Crippen molar-refractivity contribution in [2.45, 2.75) is 13.0 Å². The van der Waals surface area contributed by atoms with Crippen molar-refractivity contribution < 1.29 is 0 Å². The highest BCUT2D eigenvalue weighted by atomic mass is 15.2. The van der Waals surface area contributed by atoms with E-state index in [-0.39, 0.29) is 0 Å². The highest BCUT2D eigenvalue weighted by Gasteiger charge is 2.12. The summed E-state index contributed by atoms with van der Waals surface area (Å²) in [5, 5.41) is 1.07. The summed E-state index contributed by atoms with van der Waals surface area (Å²) in [6.07, 6.45) is 10.2. The maximum Gasteiger partial charge on any atom is 0.162 e. The van der Waals surface area contributed by atoms with E-state index < -0.39 is 0 Å². The number of imidazole rings is 1. The molecular formula is C20H20N6. The third-order valence-electron chi connectivity index (χ3n) is 4.35. The average Bonchev–Trinajstić information content (AvgIpc) is 3.21. The van der Waals surface area contributed by atoms with Gasteiger partial charge in [-0.1, -0.05) is 12.1 Å². The number of aryl methyl sites for hydroxylation is 1. The number of rotatable bonds is 6. The van der Waals surface area contributed by atoms with Gasteiger partial charge in [0.1, 0.15) is 5.82 Å². The van der Waals surface area contributed by atoms with Crippen LogP contribution >= 0.6 is 0 Å². The van der Waals surface area contributed by atoms with Crippen molar-refractivity contribution in [3.8, 4) is 11.4 Å². The summed E-state index contributed by atoms with van der Waals surface area (Å²) in [5.74, 6) is 1.68. The van der Waals surface area contributed by atoms with E-state index in [9.17, 15) is 0 Å². The summed E-state index contributed by atoms with van der Waals surface area (Å²) in [4.78, 5) is 20.0. The van der Waals surface area contributed by atoms with E-state index in [4.69, 9.17) is 9.97 Å². The smallest absolute Gasteiger partial charge is 0.162 e. The molecule has 0 N–H and O–H groups in total. The molecule has 3 aromatic heterocycles. The first-order valence-electron chi connectivity index (χ1n) is 8.65. The Hall–Kier alpha value is -3.28. The van der Waals surface area contributed by atoms with Crippen molar-refractivity contribution in [3.05, 3.63) is 67.5 Å². The number of fused-ring (bicyclic) bond motifs is 1. The number of hydrogen-bond donors (Lipinski definition) is 0. The zero-order valence-electron chi connectivity index (χ0n) is 14.7. The normalized spacial score (nSPS) is 11.0. The Labute approximate surface area is 152 Å². The minimum atomic E-state index is 0.725. The Bertz CT molecular complexity index is 982. The van der Waals surface area contributed by atoms with Gasteiger partial charge < -0.3 is 9.47 Å². The predicted octanol–water partition coefficient (Wildman–Crippen LogP) is 3.41. The summed E-state index contributed by atoms with van der Waals surface area (Å²) < 4.78 is 2.09. The number of benzene rings is 1. The van der Waals surface area contributed by atoms with Crippen molar-refractivity contribution in [2.24, 2.45) is 0 Å². The van der Waals surface area contributed by atoms with E-state index >= 15 is 0 Å². The lowest BCUT2D eigenvalue weighted by molar-refractivity contribution is 0.636. The summed E-state index contributed by atoms with van der Waals surface area (Å²) in [7, 11) is 2.08. The van der Waals surface area contributed by atoms with Crippen LogP contribution in [0.5, 0.6) is 0 Å². The molecule has 4 aromatic rings. The predicted molar refractivity (Wildman–Crippen MR) is 103 cm³/mol. The maximum atomic E-state index is 4.85. The highest BCUT2D eigenvalue weighted by Crippen LogP contribution is 2.26. The van der Waals surface area contributed by atoms with Crippen LogP contribution in [0.2, 0.25) is 0 Å². The van der Waals surface area contributed by atoms with Crippen LogP contribution in [0.3, 0.4) is 0 Å². The first-order valence-corrected chi connectivity index (χ1v) is 8.65. The SMILES string of the molecule is CN(CCCn1ccnc1)c1nc(-c2ccncc2)nc2ccccc12. The minimum Gasteiger partial charge on any atom is -0.359 e. The molecule has 0 saturated heterocycles. The number of anilines is 1. The van der Waals surface area contributed by atoms with Crippen LogP contribution in [0.4, 0.5) is 5.82 Å². The van der Waals surface area contributed by atoms with Crippen molar-refractivity contribution in [3.63, 3.8) is 0 Å².